The molecule has 0 bridgehead atoms. The molecule has 18 heavy (non-hydrogen) atoms. The molecule has 1 aromatic carbocycles. The third-order valence-electron chi connectivity index (χ3n) is 3.19. The Labute approximate surface area is 114 Å². The molecule has 0 aromatic heterocycles. The first-order chi connectivity index (χ1) is 8.60. The highest BCUT2D eigenvalue weighted by Gasteiger charge is 2.22. The molecule has 0 spiro atoms. The van der Waals surface area contributed by atoms with E-state index >= 15 is 0 Å². The minimum Gasteiger partial charge on any atom is -0.372 e. The van der Waals surface area contributed by atoms with Crippen LogP contribution < -0.4 is 10.2 Å². The van der Waals surface area contributed by atoms with Crippen molar-refractivity contribution >= 4 is 17.3 Å². The van der Waals surface area contributed by atoms with Crippen molar-refractivity contribution in [1.82, 2.24) is 5.32 Å². The summed E-state index contributed by atoms with van der Waals surface area (Å²) in [5.74, 6) is 0. The number of morpholine rings is 1. The normalized spacial score (nSPS) is 24.3. The fourth-order valence-corrected chi connectivity index (χ4v) is 2.70. The minimum absolute atomic E-state index is 0.268. The van der Waals surface area contributed by atoms with Crippen LogP contribution in [0.1, 0.15) is 19.4 Å². The zero-order chi connectivity index (χ0) is 13.1. The first kappa shape index (κ1) is 13.7. The maximum atomic E-state index is 6.30. The predicted molar refractivity (Wildman–Crippen MR) is 76.4 cm³/mol. The van der Waals surface area contributed by atoms with Gasteiger partial charge in [-0.05, 0) is 38.6 Å². The van der Waals surface area contributed by atoms with E-state index in [2.05, 4.69) is 42.3 Å². The van der Waals surface area contributed by atoms with Crippen molar-refractivity contribution in [2.45, 2.75) is 32.6 Å². The van der Waals surface area contributed by atoms with Crippen molar-refractivity contribution in [3.63, 3.8) is 0 Å². The zero-order valence-electron chi connectivity index (χ0n) is 11.2. The molecule has 2 atom stereocenters. The van der Waals surface area contributed by atoms with Crippen LogP contribution in [0.4, 0.5) is 5.69 Å². The van der Waals surface area contributed by atoms with Gasteiger partial charge < -0.3 is 15.0 Å². The van der Waals surface area contributed by atoms with Crippen molar-refractivity contribution < 1.29 is 4.74 Å². The van der Waals surface area contributed by atoms with Crippen LogP contribution in [0.5, 0.6) is 0 Å². The molecular weight excluding hydrogens is 248 g/mol. The van der Waals surface area contributed by atoms with Gasteiger partial charge in [0.05, 0.1) is 12.2 Å². The van der Waals surface area contributed by atoms with E-state index in [1.165, 1.54) is 5.69 Å². The second-order valence-corrected chi connectivity index (χ2v) is 5.38. The standard InChI is InChI=1S/C14H21ClN2O/c1-10-8-17(9-11(2)18-10)13-5-4-12(7-16-3)14(15)6-13/h4-6,10-11,16H,7-9H2,1-3H3/t10-,11+. The largest absolute Gasteiger partial charge is 0.372 e. The van der Waals surface area contributed by atoms with Crippen molar-refractivity contribution in [2.24, 2.45) is 0 Å². The molecule has 1 N–H and O–H groups in total. The quantitative estimate of drug-likeness (QED) is 0.912. The fraction of sp³-hybridized carbons (Fsp3) is 0.571. The highest BCUT2D eigenvalue weighted by Crippen LogP contribution is 2.26. The summed E-state index contributed by atoms with van der Waals surface area (Å²) in [5.41, 5.74) is 2.32. The maximum Gasteiger partial charge on any atom is 0.0726 e. The van der Waals surface area contributed by atoms with Gasteiger partial charge in [0.25, 0.3) is 0 Å². The highest BCUT2D eigenvalue weighted by atomic mass is 35.5. The molecule has 1 aromatic rings. The summed E-state index contributed by atoms with van der Waals surface area (Å²) < 4.78 is 5.75. The SMILES string of the molecule is CNCc1ccc(N2C[C@@H](C)O[C@@H](C)C2)cc1Cl. The lowest BCUT2D eigenvalue weighted by molar-refractivity contribution is -0.00521. The summed E-state index contributed by atoms with van der Waals surface area (Å²) >= 11 is 6.30. The number of benzene rings is 1. The number of nitrogens with one attached hydrogen (secondary N) is 1. The van der Waals surface area contributed by atoms with Crippen LogP contribution in [-0.2, 0) is 11.3 Å². The van der Waals surface area contributed by atoms with Crippen molar-refractivity contribution in [3.05, 3.63) is 28.8 Å². The number of hydrogen-bond donors (Lipinski definition) is 1. The third-order valence-corrected chi connectivity index (χ3v) is 3.54. The summed E-state index contributed by atoms with van der Waals surface area (Å²) in [6, 6.07) is 6.29. The van der Waals surface area contributed by atoms with E-state index in [1.807, 2.05) is 7.05 Å². The number of halogens is 1. The average molecular weight is 269 g/mol. The van der Waals surface area contributed by atoms with Gasteiger partial charge in [-0.25, -0.2) is 0 Å². The molecule has 0 unspecified atom stereocenters. The smallest absolute Gasteiger partial charge is 0.0726 e. The molecule has 0 saturated carbocycles. The Kier molecular flexibility index (Phi) is 4.49. The summed E-state index contributed by atoms with van der Waals surface area (Å²) in [6.07, 6.45) is 0.536. The minimum atomic E-state index is 0.268. The molecular formula is C14H21ClN2O. The van der Waals surface area contributed by atoms with Crippen LogP contribution in [0, 0.1) is 0 Å². The molecule has 0 aliphatic carbocycles. The van der Waals surface area contributed by atoms with Gasteiger partial charge in [0.2, 0.25) is 0 Å². The van der Waals surface area contributed by atoms with Gasteiger partial charge in [-0.2, -0.15) is 0 Å². The van der Waals surface area contributed by atoms with Gasteiger partial charge >= 0.3 is 0 Å². The number of ether oxygens (including phenoxy) is 1. The van der Waals surface area contributed by atoms with E-state index in [-0.39, 0.29) is 12.2 Å². The third kappa shape index (κ3) is 3.16. The summed E-state index contributed by atoms with van der Waals surface area (Å²) in [4.78, 5) is 2.34. The van der Waals surface area contributed by atoms with Crippen LogP contribution in [0.2, 0.25) is 5.02 Å². The maximum absolute atomic E-state index is 6.30. The highest BCUT2D eigenvalue weighted by molar-refractivity contribution is 6.31. The number of nitrogens with zero attached hydrogens (tertiary/aromatic N) is 1. The lowest BCUT2D eigenvalue weighted by atomic mass is 10.1. The van der Waals surface area contributed by atoms with E-state index in [0.717, 1.165) is 30.2 Å². The second kappa shape index (κ2) is 5.91. The van der Waals surface area contributed by atoms with Crippen molar-refractivity contribution in [1.29, 1.82) is 0 Å². The predicted octanol–water partition coefficient (Wildman–Crippen LogP) is 2.67. The van der Waals surface area contributed by atoms with Crippen LogP contribution >= 0.6 is 11.6 Å². The molecule has 0 amide bonds. The van der Waals surface area contributed by atoms with E-state index in [0.29, 0.717) is 0 Å². The van der Waals surface area contributed by atoms with Gasteiger partial charge in [0.15, 0.2) is 0 Å². The molecule has 1 saturated heterocycles. The summed E-state index contributed by atoms with van der Waals surface area (Å²) in [6.45, 7) is 6.87. The average Bonchev–Trinajstić information content (AvgIpc) is 2.30. The molecule has 1 aliphatic rings. The molecule has 1 fully saturated rings. The number of rotatable bonds is 3. The Hall–Kier alpha value is -0.770. The summed E-state index contributed by atoms with van der Waals surface area (Å²) in [5, 5.41) is 3.95. The molecule has 100 valence electrons. The fourth-order valence-electron chi connectivity index (χ4n) is 2.46. The van der Waals surface area contributed by atoms with Crippen molar-refractivity contribution in [3.8, 4) is 0 Å². The molecule has 2 rings (SSSR count). The van der Waals surface area contributed by atoms with E-state index in [1.54, 1.807) is 0 Å². The Morgan fingerprint density at radius 3 is 2.56 bits per heavy atom. The van der Waals surface area contributed by atoms with Crippen LogP contribution in [0.25, 0.3) is 0 Å². The van der Waals surface area contributed by atoms with E-state index < -0.39 is 0 Å². The monoisotopic (exact) mass is 268 g/mol. The van der Waals surface area contributed by atoms with Gasteiger partial charge in [0.1, 0.15) is 0 Å². The Morgan fingerprint density at radius 1 is 1.33 bits per heavy atom. The Morgan fingerprint density at radius 2 is 2.00 bits per heavy atom. The number of hydrogen-bond acceptors (Lipinski definition) is 3. The van der Waals surface area contributed by atoms with Crippen LogP contribution in [0.3, 0.4) is 0 Å². The van der Waals surface area contributed by atoms with Gasteiger partial charge in [0, 0.05) is 30.3 Å². The Bertz CT molecular complexity index is 401. The van der Waals surface area contributed by atoms with Gasteiger partial charge in [-0.3, -0.25) is 0 Å². The second-order valence-electron chi connectivity index (χ2n) is 4.97. The van der Waals surface area contributed by atoms with E-state index in [9.17, 15) is 0 Å². The van der Waals surface area contributed by atoms with Crippen LogP contribution in [-0.4, -0.2) is 32.3 Å². The van der Waals surface area contributed by atoms with E-state index in [4.69, 9.17) is 16.3 Å². The number of anilines is 1. The van der Waals surface area contributed by atoms with Gasteiger partial charge in [-0.15, -0.1) is 0 Å². The van der Waals surface area contributed by atoms with Gasteiger partial charge in [-0.1, -0.05) is 17.7 Å². The van der Waals surface area contributed by atoms with Crippen LogP contribution in [0.15, 0.2) is 18.2 Å². The first-order valence-corrected chi connectivity index (χ1v) is 6.81. The zero-order valence-corrected chi connectivity index (χ0v) is 12.0. The first-order valence-electron chi connectivity index (χ1n) is 6.43. The molecule has 1 aliphatic heterocycles. The molecule has 1 heterocycles. The van der Waals surface area contributed by atoms with Crippen molar-refractivity contribution in [2.75, 3.05) is 25.0 Å². The molecule has 3 nitrogen and oxygen atoms in total. The summed E-state index contributed by atoms with van der Waals surface area (Å²) in [7, 11) is 1.93. The lowest BCUT2D eigenvalue weighted by Crippen LogP contribution is -2.45. The molecule has 4 heteroatoms. The Balaban J connectivity index is 2.15. The molecule has 0 radical (unpaired) electrons. The topological polar surface area (TPSA) is 24.5 Å². The lowest BCUT2D eigenvalue weighted by Gasteiger charge is -2.37.